The first-order chi connectivity index (χ1) is 41.6. The van der Waals surface area contributed by atoms with Gasteiger partial charge in [-0.3, -0.25) is 9.98 Å². The number of nitrogens with one attached hydrogen (secondary N) is 4. The van der Waals surface area contributed by atoms with Crippen molar-refractivity contribution < 1.29 is 18.9 Å². The summed E-state index contributed by atoms with van der Waals surface area (Å²) in [5.74, 6) is 3.22. The van der Waals surface area contributed by atoms with Crippen molar-refractivity contribution in [3.63, 3.8) is 0 Å². The molecule has 19 rings (SSSR count). The second-order valence-corrected chi connectivity index (χ2v) is 20.3. The Hall–Kier alpha value is -10.7. The normalized spacial score (nSPS) is 18.3. The quantitative estimate of drug-likeness (QED) is 0.128. The van der Waals surface area contributed by atoms with Crippen molar-refractivity contribution in [3.05, 3.63) is 310 Å². The van der Waals surface area contributed by atoms with Crippen molar-refractivity contribution in [2.75, 3.05) is 26.4 Å². The van der Waals surface area contributed by atoms with Crippen molar-refractivity contribution >= 4 is 46.1 Å². The second-order valence-electron chi connectivity index (χ2n) is 20.3. The van der Waals surface area contributed by atoms with Crippen LogP contribution in [0.2, 0.25) is 0 Å². The molecular weight excluding hydrogens is 1040 g/mol. The van der Waals surface area contributed by atoms with Gasteiger partial charge in [-0.05, 0) is 194 Å². The molecule has 4 aromatic heterocycles. The van der Waals surface area contributed by atoms with Gasteiger partial charge in [0.2, 0.25) is 0 Å². The van der Waals surface area contributed by atoms with Gasteiger partial charge in [0, 0.05) is 69.9 Å². The number of nitrogens with zero attached hydrogens (tertiary/aromatic N) is 4. The van der Waals surface area contributed by atoms with E-state index in [4.69, 9.17) is 38.9 Å². The van der Waals surface area contributed by atoms with Crippen LogP contribution in [0.4, 0.5) is 0 Å². The minimum absolute atomic E-state index is 0.553. The van der Waals surface area contributed by atoms with E-state index in [0.717, 1.165) is 162 Å². The molecule has 0 unspecified atom stereocenters. The van der Waals surface area contributed by atoms with E-state index in [-0.39, 0.29) is 0 Å². The molecule has 0 spiro atoms. The monoisotopic (exact) mass is 1100 g/mol. The zero-order valence-electron chi connectivity index (χ0n) is 46.2. The predicted octanol–water partition coefficient (Wildman–Crippen LogP) is 15.3. The summed E-state index contributed by atoms with van der Waals surface area (Å²) in [6, 6.07) is 49.4. The molecule has 4 N–H and O–H groups in total. The number of hydrogen-bond donors (Lipinski definition) is 4. The largest absolute Gasteiger partial charge is 0.493 e. The first-order valence-corrected chi connectivity index (χ1v) is 28.5. The fourth-order valence-electron chi connectivity index (χ4n) is 10.6. The van der Waals surface area contributed by atoms with Crippen LogP contribution < -0.4 is 18.9 Å². The Morgan fingerprint density at radius 2 is 0.643 bits per heavy atom. The second kappa shape index (κ2) is 25.0. The summed E-state index contributed by atoms with van der Waals surface area (Å²) in [6.07, 6.45) is 35.5. The van der Waals surface area contributed by atoms with Crippen LogP contribution in [0, 0.1) is 0 Å². The van der Waals surface area contributed by atoms with Gasteiger partial charge in [0.15, 0.2) is 0 Å². The molecule has 0 amide bonds. The number of ether oxygens (including phenoxy) is 4. The molecule has 0 saturated heterocycles. The highest BCUT2D eigenvalue weighted by molar-refractivity contribution is 6.12. The van der Waals surface area contributed by atoms with E-state index in [2.05, 4.69) is 153 Å². The summed E-state index contributed by atoms with van der Waals surface area (Å²) in [4.78, 5) is 34.0. The van der Waals surface area contributed by atoms with Gasteiger partial charge in [-0.2, -0.15) is 0 Å². The van der Waals surface area contributed by atoms with E-state index < -0.39 is 0 Å². The third-order valence-corrected chi connectivity index (χ3v) is 14.7. The van der Waals surface area contributed by atoms with Crippen LogP contribution >= 0.6 is 0 Å². The van der Waals surface area contributed by atoms with Gasteiger partial charge < -0.3 is 38.9 Å². The molecule has 11 aliphatic heterocycles. The predicted molar refractivity (Wildman–Crippen MR) is 338 cm³/mol. The van der Waals surface area contributed by atoms with Crippen molar-refractivity contribution in [1.82, 2.24) is 19.9 Å². The molecule has 8 aromatic rings. The van der Waals surface area contributed by atoms with Crippen molar-refractivity contribution in [3.8, 4) is 23.0 Å². The van der Waals surface area contributed by atoms with Crippen LogP contribution in [0.5, 0.6) is 23.0 Å². The average molecular weight is 1100 g/mol. The molecule has 4 aromatic carbocycles. The molecule has 0 aliphatic carbocycles. The molecular formula is C72H60N8O4. The van der Waals surface area contributed by atoms with E-state index in [1.165, 1.54) is 0 Å². The third kappa shape index (κ3) is 12.0. The smallest absolute Gasteiger partial charge is 0.119 e. The Bertz CT molecular complexity index is 3830. The Kier molecular flexibility index (Phi) is 15.6. The maximum absolute atomic E-state index is 6.19. The molecule has 0 saturated carbocycles. The van der Waals surface area contributed by atoms with Crippen LogP contribution in [-0.4, -0.2) is 70.2 Å². The first kappa shape index (κ1) is 52.6. The van der Waals surface area contributed by atoms with Gasteiger partial charge in [-0.15, -0.1) is 0 Å². The van der Waals surface area contributed by atoms with E-state index in [1.807, 2.05) is 110 Å². The van der Waals surface area contributed by atoms with E-state index in [1.54, 1.807) is 0 Å². The van der Waals surface area contributed by atoms with Gasteiger partial charge in [-0.25, -0.2) is 9.98 Å². The number of allylic oxidation sites excluding steroid dienone is 8. The van der Waals surface area contributed by atoms with Crippen LogP contribution in [0.3, 0.4) is 0 Å². The lowest BCUT2D eigenvalue weighted by Gasteiger charge is -2.11. The fraction of sp³-hybridized carbons (Fsp3) is 0.111. The van der Waals surface area contributed by atoms with E-state index in [0.29, 0.717) is 26.4 Å². The lowest BCUT2D eigenvalue weighted by molar-refractivity contribution is 0.320. The summed E-state index contributed by atoms with van der Waals surface area (Å²) >= 11 is 0. The Balaban J connectivity index is 0.734. The average Bonchev–Trinajstić information content (AvgIpc) is 4.45. The Labute approximate surface area is 487 Å². The molecule has 0 radical (unpaired) electrons. The van der Waals surface area contributed by atoms with Crippen LogP contribution in [0.25, 0.3) is 22.3 Å². The molecule has 84 heavy (non-hydrogen) atoms. The zero-order valence-corrected chi connectivity index (χ0v) is 46.2. The maximum atomic E-state index is 6.19. The maximum Gasteiger partial charge on any atom is 0.119 e. The highest BCUT2D eigenvalue weighted by atomic mass is 16.5. The lowest BCUT2D eigenvalue weighted by atomic mass is 10.0. The van der Waals surface area contributed by atoms with Crippen molar-refractivity contribution in [2.45, 2.75) is 25.7 Å². The van der Waals surface area contributed by atoms with Gasteiger partial charge in [0.1, 0.15) is 23.0 Å². The van der Waals surface area contributed by atoms with E-state index >= 15 is 0 Å². The van der Waals surface area contributed by atoms with Crippen LogP contribution in [0.15, 0.2) is 274 Å². The van der Waals surface area contributed by atoms with E-state index in [9.17, 15) is 0 Å². The molecule has 12 nitrogen and oxygen atoms in total. The molecule has 16 bridgehead atoms. The summed E-state index contributed by atoms with van der Waals surface area (Å²) in [7, 11) is 0. The highest BCUT2D eigenvalue weighted by Crippen LogP contribution is 2.36. The number of hydrogen-bond acceptors (Lipinski definition) is 8. The number of aromatic nitrogens is 4. The fourth-order valence-corrected chi connectivity index (χ4v) is 10.6. The van der Waals surface area contributed by atoms with Gasteiger partial charge in [-0.1, -0.05) is 72.8 Å². The van der Waals surface area contributed by atoms with Crippen LogP contribution in [0.1, 0.15) is 82.1 Å². The molecule has 11 aliphatic rings. The van der Waals surface area contributed by atoms with Crippen molar-refractivity contribution in [2.24, 2.45) is 20.0 Å². The Morgan fingerprint density at radius 1 is 0.310 bits per heavy atom. The number of aliphatic imine (C=N–C) groups is 4. The minimum atomic E-state index is 0.553. The third-order valence-electron chi connectivity index (χ3n) is 14.7. The molecule has 12 heteroatoms. The number of aromatic amines is 4. The Morgan fingerprint density at radius 3 is 0.952 bits per heavy atom. The number of rotatable bonds is 2. The SMILES string of the molecule is C1=C/C(=C2\c3ccc(cc3)OCCC=CCCOc3ccc(cc3)/C(=C3/C=CC=N3)c3ccc([nH]3)C3=NC(=C(c4ccc[nH]4)c4ccc(cc4)OCCC=CCCOc4ccc(cc4)C(c4ccc[nH]4)=C4C=CC(=N4)c4ccc2[nH]4)C=C3)N=C1. The summed E-state index contributed by atoms with van der Waals surface area (Å²) < 4.78 is 24.8. The standard InChI is InChI=1S/C72H60N8O4/c1-2-6-46-82-54-27-19-50(20-28-54)70(62-14-10-42-74-62)66-38-34-59(78-66)60-36-40-68(80-60)72(64-16-12-44-76-64)52-23-31-56(32-24-52)84-48-8-4-3-7-47-83-55-29-21-51(22-30-55)71(63-15-11-43-75-63)67-39-35-58(79-67)57-33-37-65(77-57)69(61-13-9-41-73-61)49-17-25-53(26-18-49)81-45-5-1/h1-4,9-44,73-74,79-80H,5-8,45-48H2/b2-1?,4-3?,69-65?,70-66?,71-63-,72-64+. The van der Waals surface area contributed by atoms with Gasteiger partial charge >= 0.3 is 0 Å². The molecule has 0 atom stereocenters. The van der Waals surface area contributed by atoms with Gasteiger partial charge in [0.05, 0.1) is 72.0 Å². The number of H-pyrrole nitrogens is 4. The topological polar surface area (TPSA) is 150 Å². The summed E-state index contributed by atoms with van der Waals surface area (Å²) in [6.45, 7) is 2.22. The number of benzene rings is 4. The van der Waals surface area contributed by atoms with Crippen molar-refractivity contribution in [1.29, 1.82) is 0 Å². The minimum Gasteiger partial charge on any atom is -0.493 e. The molecule has 0 fully saturated rings. The first-order valence-electron chi connectivity index (χ1n) is 28.5. The van der Waals surface area contributed by atoms with Gasteiger partial charge in [0.25, 0.3) is 0 Å². The highest BCUT2D eigenvalue weighted by Gasteiger charge is 2.22. The lowest BCUT2D eigenvalue weighted by Crippen LogP contribution is -1.99. The van der Waals surface area contributed by atoms with Crippen LogP contribution in [-0.2, 0) is 0 Å². The summed E-state index contributed by atoms with van der Waals surface area (Å²) in [5.41, 5.74) is 18.9. The molecule has 412 valence electrons. The zero-order chi connectivity index (χ0) is 56.3. The summed E-state index contributed by atoms with van der Waals surface area (Å²) in [5, 5.41) is 0. The molecule has 15 heterocycles.